The van der Waals surface area contributed by atoms with E-state index in [0.29, 0.717) is 0 Å². The third kappa shape index (κ3) is 5.22. The van der Waals surface area contributed by atoms with Crippen LogP contribution in [0.15, 0.2) is 66.1 Å². The number of hydrogen-bond acceptors (Lipinski definition) is 6. The molecule has 0 saturated carbocycles. The number of amides is 2. The van der Waals surface area contributed by atoms with Crippen LogP contribution in [0.4, 0.5) is 5.69 Å². The number of nitrogens with zero attached hydrogens (tertiary/aromatic N) is 1. The van der Waals surface area contributed by atoms with Crippen molar-refractivity contribution >= 4 is 27.5 Å². The van der Waals surface area contributed by atoms with E-state index in [-0.39, 0.29) is 28.3 Å². The number of hydrogen-bond donors (Lipinski definition) is 3. The molecule has 0 aliphatic carbocycles. The van der Waals surface area contributed by atoms with Crippen molar-refractivity contribution in [1.29, 1.82) is 0 Å². The Morgan fingerprint density at radius 3 is 2.18 bits per heavy atom. The second-order valence-corrected chi connectivity index (χ2v) is 7.15. The van der Waals surface area contributed by atoms with Crippen molar-refractivity contribution in [1.82, 2.24) is 15.6 Å². The fourth-order valence-corrected chi connectivity index (χ4v) is 3.12. The summed E-state index contributed by atoms with van der Waals surface area (Å²) < 4.78 is 26.5. The van der Waals surface area contributed by atoms with Crippen molar-refractivity contribution in [3.8, 4) is 0 Å². The molecule has 10 nitrogen and oxygen atoms in total. The van der Waals surface area contributed by atoms with Gasteiger partial charge < -0.3 is 0 Å². The van der Waals surface area contributed by atoms with E-state index in [1.807, 2.05) is 0 Å². The van der Waals surface area contributed by atoms with Crippen LogP contribution in [0, 0.1) is 10.1 Å². The molecule has 2 aromatic carbocycles. The maximum Gasteiger partial charge on any atom is 0.270 e. The molecule has 28 heavy (non-hydrogen) atoms. The monoisotopic (exact) mass is 404 g/mol. The van der Waals surface area contributed by atoms with E-state index >= 15 is 0 Å². The van der Waals surface area contributed by atoms with Gasteiger partial charge in [-0.2, -0.15) is 0 Å². The molecule has 0 heterocycles. The lowest BCUT2D eigenvalue weighted by Crippen LogP contribution is -2.41. The van der Waals surface area contributed by atoms with Gasteiger partial charge in [0.2, 0.25) is 10.0 Å². The van der Waals surface area contributed by atoms with Gasteiger partial charge in [0.25, 0.3) is 17.5 Å². The highest BCUT2D eigenvalue weighted by Gasteiger charge is 2.16. The first-order valence-electron chi connectivity index (χ1n) is 7.80. The summed E-state index contributed by atoms with van der Waals surface area (Å²) in [7, 11) is -3.82. The van der Waals surface area contributed by atoms with Crippen LogP contribution in [0.5, 0.6) is 0 Å². The molecular formula is C17H16N4O6S. The van der Waals surface area contributed by atoms with Gasteiger partial charge in [-0.25, -0.2) is 13.1 Å². The van der Waals surface area contributed by atoms with Crippen LogP contribution in [-0.2, 0) is 10.0 Å². The number of rotatable bonds is 7. The number of carbonyl (C=O) groups excluding carboxylic acids is 2. The first-order chi connectivity index (χ1) is 13.2. The molecule has 146 valence electrons. The standard InChI is InChI=1S/C17H16N4O6S/c1-2-9-18-28(26,27)15-8-4-6-13(11-15)17(23)20-19-16(22)12-5-3-7-14(10-12)21(24)25/h2-8,10-11,18H,1,9H2,(H,19,22)(H,20,23). The summed E-state index contributed by atoms with van der Waals surface area (Å²) in [5, 5.41) is 10.8. The third-order valence-corrected chi connectivity index (χ3v) is 4.85. The first kappa shape index (κ1) is 20.7. The van der Waals surface area contributed by atoms with Crippen LogP contribution >= 0.6 is 0 Å². The quantitative estimate of drug-likeness (QED) is 0.358. The van der Waals surface area contributed by atoms with Crippen molar-refractivity contribution < 1.29 is 22.9 Å². The number of benzene rings is 2. The van der Waals surface area contributed by atoms with E-state index in [9.17, 15) is 28.1 Å². The lowest BCUT2D eigenvalue weighted by atomic mass is 10.2. The number of carbonyl (C=O) groups is 2. The van der Waals surface area contributed by atoms with Gasteiger partial charge in [0.05, 0.1) is 9.82 Å². The van der Waals surface area contributed by atoms with Gasteiger partial charge in [0.15, 0.2) is 0 Å². The van der Waals surface area contributed by atoms with Crippen LogP contribution in [0.25, 0.3) is 0 Å². The molecule has 0 aromatic heterocycles. The summed E-state index contributed by atoms with van der Waals surface area (Å²) in [6.07, 6.45) is 1.37. The maximum absolute atomic E-state index is 12.2. The fourth-order valence-electron chi connectivity index (χ4n) is 2.08. The Morgan fingerprint density at radius 1 is 1.04 bits per heavy atom. The van der Waals surface area contributed by atoms with Crippen LogP contribution in [0.2, 0.25) is 0 Å². The molecule has 2 amide bonds. The molecule has 0 aliphatic rings. The number of nitrogens with one attached hydrogen (secondary N) is 3. The summed E-state index contributed by atoms with van der Waals surface area (Å²) in [5.74, 6) is -1.53. The molecule has 11 heteroatoms. The van der Waals surface area contributed by atoms with E-state index < -0.39 is 26.8 Å². The highest BCUT2D eigenvalue weighted by molar-refractivity contribution is 7.89. The smallest absolute Gasteiger partial charge is 0.267 e. The summed E-state index contributed by atoms with van der Waals surface area (Å²) in [4.78, 5) is 34.2. The Hall–Kier alpha value is -3.57. The number of hydrazine groups is 1. The maximum atomic E-state index is 12.2. The largest absolute Gasteiger partial charge is 0.270 e. The van der Waals surface area contributed by atoms with Crippen molar-refractivity contribution in [2.75, 3.05) is 6.54 Å². The van der Waals surface area contributed by atoms with Gasteiger partial charge in [-0.1, -0.05) is 18.2 Å². The molecule has 0 radical (unpaired) electrons. The molecule has 0 aliphatic heterocycles. The van der Waals surface area contributed by atoms with Gasteiger partial charge in [-0.15, -0.1) is 6.58 Å². The molecular weight excluding hydrogens is 388 g/mol. The number of nitro benzene ring substituents is 1. The van der Waals surface area contributed by atoms with E-state index in [4.69, 9.17) is 0 Å². The molecule has 0 fully saturated rings. The van der Waals surface area contributed by atoms with Crippen LogP contribution in [0.3, 0.4) is 0 Å². The van der Waals surface area contributed by atoms with Crippen molar-refractivity contribution in [3.05, 3.63) is 82.4 Å². The lowest BCUT2D eigenvalue weighted by Gasteiger charge is -2.09. The zero-order valence-electron chi connectivity index (χ0n) is 14.4. The topological polar surface area (TPSA) is 148 Å². The van der Waals surface area contributed by atoms with E-state index in [1.165, 1.54) is 42.5 Å². The Balaban J connectivity index is 2.08. The Morgan fingerprint density at radius 2 is 1.61 bits per heavy atom. The summed E-state index contributed by atoms with van der Waals surface area (Å²) in [6.45, 7) is 3.44. The fraction of sp³-hybridized carbons (Fsp3) is 0.0588. The average molecular weight is 404 g/mol. The lowest BCUT2D eigenvalue weighted by molar-refractivity contribution is -0.384. The van der Waals surface area contributed by atoms with Crippen molar-refractivity contribution in [2.45, 2.75) is 4.90 Å². The van der Waals surface area contributed by atoms with Crippen molar-refractivity contribution in [3.63, 3.8) is 0 Å². The number of sulfonamides is 1. The van der Waals surface area contributed by atoms with Crippen LogP contribution in [-0.4, -0.2) is 31.7 Å². The summed E-state index contributed by atoms with van der Waals surface area (Å²) in [6, 6.07) is 10.1. The highest BCUT2D eigenvalue weighted by Crippen LogP contribution is 2.13. The van der Waals surface area contributed by atoms with Gasteiger partial charge >= 0.3 is 0 Å². The molecule has 0 bridgehead atoms. The zero-order valence-corrected chi connectivity index (χ0v) is 15.2. The Labute approximate surface area is 160 Å². The van der Waals surface area contributed by atoms with Gasteiger partial charge in [0.1, 0.15) is 0 Å². The van der Waals surface area contributed by atoms with Gasteiger partial charge in [0, 0.05) is 29.8 Å². The molecule has 0 atom stereocenters. The predicted octanol–water partition coefficient (Wildman–Crippen LogP) is 1.13. The Kier molecular flexibility index (Phi) is 6.58. The molecule has 0 spiro atoms. The van der Waals surface area contributed by atoms with Crippen molar-refractivity contribution in [2.24, 2.45) is 0 Å². The summed E-state index contributed by atoms with van der Waals surface area (Å²) in [5.41, 5.74) is 3.93. The minimum absolute atomic E-state index is 0.0131. The molecule has 3 N–H and O–H groups in total. The second kappa shape index (κ2) is 8.88. The van der Waals surface area contributed by atoms with Crippen LogP contribution < -0.4 is 15.6 Å². The molecule has 2 aromatic rings. The zero-order chi connectivity index (χ0) is 20.7. The average Bonchev–Trinajstić information content (AvgIpc) is 2.70. The minimum atomic E-state index is -3.82. The van der Waals surface area contributed by atoms with Gasteiger partial charge in [-0.3, -0.25) is 30.6 Å². The van der Waals surface area contributed by atoms with Gasteiger partial charge in [-0.05, 0) is 24.3 Å². The van der Waals surface area contributed by atoms with E-state index in [2.05, 4.69) is 22.2 Å². The number of nitro groups is 1. The summed E-state index contributed by atoms with van der Waals surface area (Å²) >= 11 is 0. The molecule has 0 unspecified atom stereocenters. The third-order valence-electron chi connectivity index (χ3n) is 3.43. The SMILES string of the molecule is C=CCNS(=O)(=O)c1cccc(C(=O)NNC(=O)c2cccc([N+](=O)[O-])c2)c1. The van der Waals surface area contributed by atoms with E-state index in [1.54, 1.807) is 0 Å². The predicted molar refractivity (Wildman–Crippen MR) is 99.9 cm³/mol. The highest BCUT2D eigenvalue weighted by atomic mass is 32.2. The second-order valence-electron chi connectivity index (χ2n) is 5.38. The number of non-ortho nitro benzene ring substituents is 1. The van der Waals surface area contributed by atoms with Crippen LogP contribution in [0.1, 0.15) is 20.7 Å². The minimum Gasteiger partial charge on any atom is -0.267 e. The normalized spacial score (nSPS) is 10.7. The van der Waals surface area contributed by atoms with E-state index in [0.717, 1.165) is 12.1 Å². The first-order valence-corrected chi connectivity index (χ1v) is 9.28. The Bertz CT molecular complexity index is 1040. The molecule has 2 rings (SSSR count). The molecule has 0 saturated heterocycles.